The maximum Gasteiger partial charge on any atom is 0.182 e. The summed E-state index contributed by atoms with van der Waals surface area (Å²) in [5.41, 5.74) is 2.97. The first-order valence-corrected chi connectivity index (χ1v) is 8.82. The molecule has 0 aromatic heterocycles. The van der Waals surface area contributed by atoms with Gasteiger partial charge in [0.1, 0.15) is 0 Å². The number of benzene rings is 2. The van der Waals surface area contributed by atoms with Crippen molar-refractivity contribution in [2.24, 2.45) is 4.99 Å². The van der Waals surface area contributed by atoms with E-state index in [0.717, 1.165) is 35.1 Å². The molecule has 0 radical (unpaired) electrons. The third-order valence-corrected chi connectivity index (χ3v) is 4.86. The first-order chi connectivity index (χ1) is 11.2. The van der Waals surface area contributed by atoms with Gasteiger partial charge in [-0.3, -0.25) is 9.79 Å². The number of aliphatic imine (C=N–C) groups is 1. The van der Waals surface area contributed by atoms with Crippen LogP contribution < -0.4 is 4.90 Å². The Hall–Kier alpha value is -1.59. The number of halogens is 1. The van der Waals surface area contributed by atoms with Crippen LogP contribution >= 0.6 is 28.7 Å². The van der Waals surface area contributed by atoms with Crippen molar-refractivity contribution < 1.29 is 4.79 Å². The molecule has 1 heterocycles. The molecule has 0 bridgehead atoms. The topological polar surface area (TPSA) is 32.7 Å². The van der Waals surface area contributed by atoms with Crippen molar-refractivity contribution in [3.8, 4) is 0 Å². The minimum Gasteiger partial charge on any atom is -0.313 e. The quantitative estimate of drug-likeness (QED) is 0.688. The van der Waals surface area contributed by atoms with Gasteiger partial charge in [0.25, 0.3) is 0 Å². The third kappa shape index (κ3) is 4.71. The molecule has 1 aliphatic rings. The molecule has 5 heteroatoms. The Kier molecular flexibility index (Phi) is 7.06. The number of Topliss-reactive ketones (excluding diaryl/α,β-unsaturated/α-hetero) is 1. The zero-order valence-corrected chi connectivity index (χ0v) is 16.2. The smallest absolute Gasteiger partial charge is 0.182 e. The molecule has 0 saturated carbocycles. The second-order valence-electron chi connectivity index (χ2n) is 5.58. The lowest BCUT2D eigenvalue weighted by Crippen LogP contribution is -2.35. The Balaban J connectivity index is 0.00000208. The van der Waals surface area contributed by atoms with Gasteiger partial charge in [0.05, 0.1) is 6.54 Å². The van der Waals surface area contributed by atoms with Gasteiger partial charge in [-0.05, 0) is 25.5 Å². The Bertz CT molecular complexity index is 701. The number of hydrogen-bond acceptors (Lipinski definition) is 4. The Labute approximate surface area is 157 Å². The molecule has 126 valence electrons. The third-order valence-electron chi connectivity index (χ3n) is 3.75. The Morgan fingerprint density at radius 3 is 2.46 bits per heavy atom. The summed E-state index contributed by atoms with van der Waals surface area (Å²) in [6.45, 7) is 3.22. The molecular formula is C19H21BrN2OS. The van der Waals surface area contributed by atoms with Gasteiger partial charge < -0.3 is 4.90 Å². The van der Waals surface area contributed by atoms with Crippen molar-refractivity contribution in [2.45, 2.75) is 13.3 Å². The van der Waals surface area contributed by atoms with Crippen molar-refractivity contribution in [2.75, 3.05) is 23.7 Å². The summed E-state index contributed by atoms with van der Waals surface area (Å²) in [7, 11) is 0. The first-order valence-electron chi connectivity index (χ1n) is 7.84. The number of carbonyl (C=O) groups excluding carboxylic acids is 1. The highest BCUT2D eigenvalue weighted by molar-refractivity contribution is 8.93. The number of nitrogens with zero attached hydrogens (tertiary/aromatic N) is 2. The van der Waals surface area contributed by atoms with Crippen LogP contribution in [-0.2, 0) is 0 Å². The number of thioether (sulfide) groups is 1. The molecule has 0 aliphatic carbocycles. The Morgan fingerprint density at radius 2 is 1.83 bits per heavy atom. The van der Waals surface area contributed by atoms with E-state index < -0.39 is 0 Å². The van der Waals surface area contributed by atoms with Crippen LogP contribution in [0.4, 0.5) is 5.69 Å². The van der Waals surface area contributed by atoms with Crippen LogP contribution in [0.15, 0.2) is 59.6 Å². The average Bonchev–Trinajstić information content (AvgIpc) is 2.62. The average molecular weight is 405 g/mol. The summed E-state index contributed by atoms with van der Waals surface area (Å²) in [5, 5.41) is 0.949. The molecule has 0 fully saturated rings. The van der Waals surface area contributed by atoms with Gasteiger partial charge in [-0.25, -0.2) is 0 Å². The number of anilines is 1. The molecule has 0 atom stereocenters. The van der Waals surface area contributed by atoms with Crippen LogP contribution in [0.2, 0.25) is 0 Å². The van der Waals surface area contributed by atoms with Gasteiger partial charge in [-0.1, -0.05) is 59.8 Å². The minimum absolute atomic E-state index is 0. The first kappa shape index (κ1) is 18.7. The van der Waals surface area contributed by atoms with E-state index >= 15 is 0 Å². The monoisotopic (exact) mass is 404 g/mol. The van der Waals surface area contributed by atoms with Gasteiger partial charge in [-0.2, -0.15) is 0 Å². The summed E-state index contributed by atoms with van der Waals surface area (Å²) in [5.74, 6) is 1.17. The van der Waals surface area contributed by atoms with E-state index in [0.29, 0.717) is 6.54 Å². The van der Waals surface area contributed by atoms with E-state index in [-0.39, 0.29) is 22.8 Å². The normalized spacial score (nSPS) is 13.6. The summed E-state index contributed by atoms with van der Waals surface area (Å²) in [6, 6.07) is 17.7. The number of aryl methyl sites for hydroxylation is 1. The summed E-state index contributed by atoms with van der Waals surface area (Å²) < 4.78 is 0. The second-order valence-corrected chi connectivity index (χ2v) is 6.64. The number of amidine groups is 1. The maximum atomic E-state index is 12.6. The van der Waals surface area contributed by atoms with Crippen LogP contribution in [-0.4, -0.2) is 29.8 Å². The lowest BCUT2D eigenvalue weighted by molar-refractivity contribution is 0.100. The van der Waals surface area contributed by atoms with Gasteiger partial charge in [0.2, 0.25) is 0 Å². The van der Waals surface area contributed by atoms with Gasteiger partial charge in [0, 0.05) is 23.5 Å². The molecule has 24 heavy (non-hydrogen) atoms. The fraction of sp³-hybridized carbons (Fsp3) is 0.263. The molecule has 3 rings (SSSR count). The van der Waals surface area contributed by atoms with E-state index in [4.69, 9.17) is 0 Å². The van der Waals surface area contributed by atoms with Crippen molar-refractivity contribution in [1.82, 2.24) is 0 Å². The number of hydrogen-bond donors (Lipinski definition) is 0. The largest absolute Gasteiger partial charge is 0.313 e. The van der Waals surface area contributed by atoms with Crippen molar-refractivity contribution in [3.05, 3.63) is 65.7 Å². The molecule has 1 aliphatic heterocycles. The Morgan fingerprint density at radius 1 is 1.12 bits per heavy atom. The van der Waals surface area contributed by atoms with E-state index in [2.05, 4.69) is 36.2 Å². The summed E-state index contributed by atoms with van der Waals surface area (Å²) in [6.07, 6.45) is 1.10. The summed E-state index contributed by atoms with van der Waals surface area (Å²) in [4.78, 5) is 19.3. The van der Waals surface area contributed by atoms with Crippen LogP contribution in [0.5, 0.6) is 0 Å². The SMILES string of the molecule is Br.Cc1ccc(N(CC(=O)c2ccccc2)C2=NCCCS2)cc1. The highest BCUT2D eigenvalue weighted by Gasteiger charge is 2.20. The van der Waals surface area contributed by atoms with Gasteiger partial charge >= 0.3 is 0 Å². The van der Waals surface area contributed by atoms with Crippen LogP contribution in [0.3, 0.4) is 0 Å². The highest BCUT2D eigenvalue weighted by atomic mass is 79.9. The van der Waals surface area contributed by atoms with Crippen molar-refractivity contribution >= 4 is 45.4 Å². The van der Waals surface area contributed by atoms with Crippen LogP contribution in [0.1, 0.15) is 22.3 Å². The predicted octanol–water partition coefficient (Wildman–Crippen LogP) is 4.76. The molecule has 0 unspecified atom stereocenters. The second kappa shape index (κ2) is 9.04. The molecule has 0 saturated heterocycles. The fourth-order valence-corrected chi connectivity index (χ4v) is 3.43. The van der Waals surface area contributed by atoms with Crippen LogP contribution in [0.25, 0.3) is 0 Å². The molecule has 0 N–H and O–H groups in total. The minimum atomic E-state index is 0. The highest BCUT2D eigenvalue weighted by Crippen LogP contribution is 2.23. The van der Waals surface area contributed by atoms with Crippen molar-refractivity contribution in [1.29, 1.82) is 0 Å². The zero-order chi connectivity index (χ0) is 16.1. The molecular weight excluding hydrogens is 384 g/mol. The lowest BCUT2D eigenvalue weighted by Gasteiger charge is -2.27. The molecule has 0 amide bonds. The summed E-state index contributed by atoms with van der Waals surface area (Å²) >= 11 is 1.73. The van der Waals surface area contributed by atoms with Gasteiger partial charge in [-0.15, -0.1) is 17.0 Å². The van der Waals surface area contributed by atoms with Crippen molar-refractivity contribution in [3.63, 3.8) is 0 Å². The zero-order valence-electron chi connectivity index (χ0n) is 13.6. The number of rotatable bonds is 4. The standard InChI is InChI=1S/C19H20N2OS.BrH/c1-15-8-10-17(11-9-15)21(19-20-12-5-13-23-19)14-18(22)16-6-3-2-4-7-16;/h2-4,6-11H,5,12-14H2,1H3;1H. The predicted molar refractivity (Wildman–Crippen MR) is 109 cm³/mol. The van der Waals surface area contributed by atoms with E-state index in [9.17, 15) is 4.79 Å². The fourth-order valence-electron chi connectivity index (χ4n) is 2.46. The van der Waals surface area contributed by atoms with E-state index in [1.165, 1.54) is 5.56 Å². The van der Waals surface area contributed by atoms with E-state index in [1.807, 2.05) is 35.2 Å². The molecule has 0 spiro atoms. The lowest BCUT2D eigenvalue weighted by atomic mass is 10.1. The molecule has 2 aromatic rings. The van der Waals surface area contributed by atoms with Gasteiger partial charge in [0.15, 0.2) is 11.0 Å². The van der Waals surface area contributed by atoms with E-state index in [1.54, 1.807) is 11.8 Å². The maximum absolute atomic E-state index is 12.6. The number of ketones is 1. The van der Waals surface area contributed by atoms with Crippen LogP contribution in [0, 0.1) is 6.92 Å². The number of carbonyl (C=O) groups is 1. The molecule has 2 aromatic carbocycles. The molecule has 3 nitrogen and oxygen atoms in total.